The van der Waals surface area contributed by atoms with Crippen LogP contribution < -0.4 is 14.4 Å². The van der Waals surface area contributed by atoms with E-state index in [1.54, 1.807) is 48.4 Å². The van der Waals surface area contributed by atoms with Crippen molar-refractivity contribution in [1.82, 2.24) is 0 Å². The fourth-order valence-corrected chi connectivity index (χ4v) is 2.61. The molecule has 0 bridgehead atoms. The van der Waals surface area contributed by atoms with Crippen molar-refractivity contribution < 1.29 is 23.8 Å². The molecular weight excluding hydrogens is 322 g/mol. The van der Waals surface area contributed by atoms with Gasteiger partial charge in [0.2, 0.25) is 0 Å². The van der Waals surface area contributed by atoms with Crippen molar-refractivity contribution in [2.75, 3.05) is 25.2 Å². The van der Waals surface area contributed by atoms with E-state index in [0.717, 1.165) is 17.7 Å². The second kappa shape index (κ2) is 6.84. The summed E-state index contributed by atoms with van der Waals surface area (Å²) in [6.45, 7) is 2.42. The van der Waals surface area contributed by atoms with Gasteiger partial charge in [-0.2, -0.15) is 0 Å². The van der Waals surface area contributed by atoms with Crippen molar-refractivity contribution in [3.63, 3.8) is 0 Å². The normalized spacial score (nSPS) is 19.4. The van der Waals surface area contributed by atoms with Crippen molar-refractivity contribution in [3.8, 4) is 11.5 Å². The van der Waals surface area contributed by atoms with Crippen LogP contribution in [0.4, 0.5) is 10.5 Å². The van der Waals surface area contributed by atoms with Gasteiger partial charge in [-0.05, 0) is 55.5 Å². The molecule has 1 fully saturated rings. The van der Waals surface area contributed by atoms with E-state index in [9.17, 15) is 9.59 Å². The molecule has 2 aromatic carbocycles. The minimum atomic E-state index is -0.764. The first-order valence-electron chi connectivity index (χ1n) is 7.86. The molecule has 3 rings (SSSR count). The number of aldehydes is 1. The summed E-state index contributed by atoms with van der Waals surface area (Å²) < 4.78 is 16.4. The Balaban J connectivity index is 1.65. The molecular formula is C19H19NO5. The number of hydrogen-bond donors (Lipinski definition) is 0. The molecule has 0 radical (unpaired) electrons. The molecule has 130 valence electrons. The molecule has 1 amide bonds. The fourth-order valence-electron chi connectivity index (χ4n) is 2.61. The number of amides is 1. The number of methoxy groups -OCH3 is 1. The van der Waals surface area contributed by atoms with Crippen LogP contribution in [0.15, 0.2) is 48.5 Å². The largest absolute Gasteiger partial charge is 0.497 e. The Kier molecular flexibility index (Phi) is 4.61. The smallest absolute Gasteiger partial charge is 0.415 e. The van der Waals surface area contributed by atoms with Crippen molar-refractivity contribution in [1.29, 1.82) is 0 Å². The van der Waals surface area contributed by atoms with Gasteiger partial charge in [-0.25, -0.2) is 4.79 Å². The average molecular weight is 341 g/mol. The summed E-state index contributed by atoms with van der Waals surface area (Å²) in [5.41, 5.74) is 0.557. The van der Waals surface area contributed by atoms with Gasteiger partial charge in [0.25, 0.3) is 0 Å². The van der Waals surface area contributed by atoms with Gasteiger partial charge in [-0.3, -0.25) is 9.69 Å². The molecule has 0 aromatic heterocycles. The van der Waals surface area contributed by atoms with Crippen molar-refractivity contribution in [2.24, 2.45) is 0 Å². The molecule has 1 aliphatic heterocycles. The van der Waals surface area contributed by atoms with Crippen molar-refractivity contribution >= 4 is 18.1 Å². The third kappa shape index (κ3) is 3.74. The van der Waals surface area contributed by atoms with Gasteiger partial charge in [0, 0.05) is 11.3 Å². The maximum Gasteiger partial charge on any atom is 0.415 e. The van der Waals surface area contributed by atoms with E-state index in [1.807, 2.05) is 19.1 Å². The highest BCUT2D eigenvalue weighted by atomic mass is 16.6. The summed E-state index contributed by atoms with van der Waals surface area (Å²) in [5.74, 6) is 1.34. The molecule has 2 aromatic rings. The Labute approximate surface area is 145 Å². The van der Waals surface area contributed by atoms with Gasteiger partial charge in [0.05, 0.1) is 13.7 Å². The lowest BCUT2D eigenvalue weighted by atomic mass is 10.1. The number of ether oxygens (including phenoxy) is 3. The minimum Gasteiger partial charge on any atom is -0.497 e. The van der Waals surface area contributed by atoms with E-state index in [2.05, 4.69) is 0 Å². The summed E-state index contributed by atoms with van der Waals surface area (Å²) in [5, 5.41) is 0. The van der Waals surface area contributed by atoms with E-state index in [4.69, 9.17) is 14.2 Å². The lowest BCUT2D eigenvalue weighted by Gasteiger charge is -2.22. The number of cyclic esters (lactones) is 1. The topological polar surface area (TPSA) is 65.1 Å². The first kappa shape index (κ1) is 16.8. The Morgan fingerprint density at radius 2 is 1.76 bits per heavy atom. The molecule has 1 atom stereocenters. The molecule has 0 saturated carbocycles. The van der Waals surface area contributed by atoms with E-state index in [-0.39, 0.29) is 6.61 Å². The first-order chi connectivity index (χ1) is 12.0. The predicted octanol–water partition coefficient (Wildman–Crippen LogP) is 3.30. The van der Waals surface area contributed by atoms with Gasteiger partial charge >= 0.3 is 6.09 Å². The van der Waals surface area contributed by atoms with Gasteiger partial charge in [0.1, 0.15) is 24.4 Å². The van der Waals surface area contributed by atoms with E-state index >= 15 is 0 Å². The minimum absolute atomic E-state index is 0.214. The molecule has 0 spiro atoms. The second-order valence-electron chi connectivity index (χ2n) is 6.08. The molecule has 6 heteroatoms. The summed E-state index contributed by atoms with van der Waals surface area (Å²) in [4.78, 5) is 24.5. The lowest BCUT2D eigenvalue weighted by Crippen LogP contribution is -2.37. The molecule has 1 aliphatic rings. The zero-order chi connectivity index (χ0) is 17.9. The Morgan fingerprint density at radius 3 is 2.36 bits per heavy atom. The monoisotopic (exact) mass is 341 g/mol. The first-order valence-corrected chi connectivity index (χ1v) is 7.86. The van der Waals surface area contributed by atoms with Crippen LogP contribution in [0.1, 0.15) is 17.3 Å². The van der Waals surface area contributed by atoms with Gasteiger partial charge in [-0.1, -0.05) is 0 Å². The van der Waals surface area contributed by atoms with Crippen LogP contribution in [0.25, 0.3) is 0 Å². The predicted molar refractivity (Wildman–Crippen MR) is 92.6 cm³/mol. The highest BCUT2D eigenvalue weighted by Gasteiger charge is 2.43. The number of benzene rings is 2. The van der Waals surface area contributed by atoms with Crippen LogP contribution in [0, 0.1) is 0 Å². The van der Waals surface area contributed by atoms with Crippen molar-refractivity contribution in [2.45, 2.75) is 12.5 Å². The summed E-state index contributed by atoms with van der Waals surface area (Å²) in [7, 11) is 1.59. The maximum atomic E-state index is 12.2. The van der Waals surface area contributed by atoms with Gasteiger partial charge in [-0.15, -0.1) is 0 Å². The Hall–Kier alpha value is -3.02. The van der Waals surface area contributed by atoms with E-state index in [0.29, 0.717) is 17.9 Å². The zero-order valence-corrected chi connectivity index (χ0v) is 14.1. The standard InChI is InChI=1S/C19H19NO5/c1-19(13-24-17-7-3-14(11-21)4-8-17)12-20(18(22)25-19)15-5-9-16(23-2)10-6-15/h3-11H,12-13H2,1-2H3/t19-/m0/s1. The number of rotatable bonds is 6. The van der Waals surface area contributed by atoms with Crippen LogP contribution in [-0.2, 0) is 4.74 Å². The lowest BCUT2D eigenvalue weighted by molar-refractivity contribution is 0.0308. The molecule has 0 unspecified atom stereocenters. The average Bonchev–Trinajstić information content (AvgIpc) is 2.95. The molecule has 25 heavy (non-hydrogen) atoms. The number of nitrogens with zero attached hydrogens (tertiary/aromatic N) is 1. The Morgan fingerprint density at radius 1 is 1.12 bits per heavy atom. The second-order valence-corrected chi connectivity index (χ2v) is 6.08. The van der Waals surface area contributed by atoms with Gasteiger partial charge in [0.15, 0.2) is 5.60 Å². The highest BCUT2D eigenvalue weighted by Crippen LogP contribution is 2.29. The third-order valence-electron chi connectivity index (χ3n) is 3.99. The third-order valence-corrected chi connectivity index (χ3v) is 3.99. The molecule has 6 nitrogen and oxygen atoms in total. The van der Waals surface area contributed by atoms with Gasteiger partial charge < -0.3 is 14.2 Å². The number of carbonyl (C=O) groups excluding carboxylic acids is 2. The van der Waals surface area contributed by atoms with Crippen LogP contribution in [0.3, 0.4) is 0 Å². The Bertz CT molecular complexity index is 756. The van der Waals surface area contributed by atoms with Crippen molar-refractivity contribution in [3.05, 3.63) is 54.1 Å². The summed E-state index contributed by atoms with van der Waals surface area (Å²) >= 11 is 0. The fraction of sp³-hybridized carbons (Fsp3) is 0.263. The highest BCUT2D eigenvalue weighted by molar-refractivity contribution is 5.90. The molecule has 1 saturated heterocycles. The SMILES string of the molecule is COc1ccc(N2C[C@@](C)(COc3ccc(C=O)cc3)OC2=O)cc1. The van der Waals surface area contributed by atoms with E-state index in [1.165, 1.54) is 0 Å². The van der Waals surface area contributed by atoms with Crippen LogP contribution in [0.2, 0.25) is 0 Å². The molecule has 0 aliphatic carbocycles. The molecule has 0 N–H and O–H groups in total. The van der Waals surface area contributed by atoms with Crippen LogP contribution in [-0.4, -0.2) is 38.2 Å². The number of anilines is 1. The number of carbonyl (C=O) groups is 2. The molecule has 1 heterocycles. The quantitative estimate of drug-likeness (QED) is 0.754. The maximum absolute atomic E-state index is 12.2. The van der Waals surface area contributed by atoms with E-state index < -0.39 is 11.7 Å². The number of hydrogen-bond acceptors (Lipinski definition) is 5. The zero-order valence-electron chi connectivity index (χ0n) is 14.1. The van der Waals surface area contributed by atoms with Crippen LogP contribution >= 0.6 is 0 Å². The summed E-state index contributed by atoms with van der Waals surface area (Å²) in [6, 6.07) is 14.0. The van der Waals surface area contributed by atoms with Crippen LogP contribution in [0.5, 0.6) is 11.5 Å². The summed E-state index contributed by atoms with van der Waals surface area (Å²) in [6.07, 6.45) is 0.365.